The molecule has 0 aliphatic carbocycles. The van der Waals surface area contributed by atoms with E-state index >= 15 is 0 Å². The number of pyridine rings is 1. The van der Waals surface area contributed by atoms with E-state index in [-0.39, 0.29) is 11.6 Å². The van der Waals surface area contributed by atoms with E-state index in [0.29, 0.717) is 15.6 Å². The number of benzene rings is 1. The summed E-state index contributed by atoms with van der Waals surface area (Å²) < 4.78 is 25.9. The molecule has 0 saturated carbocycles. The molecule has 0 atom stereocenters. The molecule has 0 radical (unpaired) electrons. The van der Waals surface area contributed by atoms with E-state index in [1.54, 1.807) is 24.5 Å². The second-order valence-corrected chi connectivity index (χ2v) is 8.35. The third-order valence-corrected chi connectivity index (χ3v) is 4.91. The Balaban J connectivity index is 1.85. The van der Waals surface area contributed by atoms with Gasteiger partial charge in [0.25, 0.3) is 5.91 Å². The number of carbonyl (C=O) groups is 1. The van der Waals surface area contributed by atoms with E-state index in [2.05, 4.69) is 15.0 Å². The van der Waals surface area contributed by atoms with Gasteiger partial charge >= 0.3 is 0 Å². The van der Waals surface area contributed by atoms with Gasteiger partial charge in [0.15, 0.2) is 0 Å². The lowest BCUT2D eigenvalue weighted by molar-refractivity contribution is 0.103. The van der Waals surface area contributed by atoms with Crippen LogP contribution >= 0.6 is 22.9 Å². The fourth-order valence-electron chi connectivity index (χ4n) is 2.12. The molecule has 2 N–H and O–H groups in total. The van der Waals surface area contributed by atoms with Crippen molar-refractivity contribution in [3.63, 3.8) is 0 Å². The number of hydrogen-bond acceptors (Lipinski definition) is 5. The summed E-state index contributed by atoms with van der Waals surface area (Å²) in [5, 5.41) is 3.96. The van der Waals surface area contributed by atoms with Gasteiger partial charge in [-0.3, -0.25) is 14.5 Å². The van der Waals surface area contributed by atoms with Crippen LogP contribution in [0.5, 0.6) is 0 Å². The second kappa shape index (κ2) is 6.39. The average Bonchev–Trinajstić information content (AvgIpc) is 2.88. The molecule has 6 nitrogen and oxygen atoms in total. The highest BCUT2D eigenvalue weighted by molar-refractivity contribution is 7.92. The van der Waals surface area contributed by atoms with Gasteiger partial charge in [-0.2, -0.15) is 0 Å². The van der Waals surface area contributed by atoms with Crippen LogP contribution in [0.25, 0.3) is 10.1 Å². The molecule has 0 aliphatic rings. The molecular weight excluding hydrogens is 370 g/mol. The van der Waals surface area contributed by atoms with E-state index in [1.807, 2.05) is 6.07 Å². The number of sulfonamides is 1. The van der Waals surface area contributed by atoms with Crippen molar-refractivity contribution in [1.29, 1.82) is 0 Å². The Kier molecular flexibility index (Phi) is 4.44. The molecule has 1 amide bonds. The number of nitrogens with one attached hydrogen (secondary N) is 2. The molecule has 2 heterocycles. The summed E-state index contributed by atoms with van der Waals surface area (Å²) in [6.45, 7) is 0. The number of carbonyl (C=O) groups excluding carboxylic acids is 1. The summed E-state index contributed by atoms with van der Waals surface area (Å²) in [5.74, 6) is -0.302. The summed E-state index contributed by atoms with van der Waals surface area (Å²) in [6, 6.07) is 8.11. The van der Waals surface area contributed by atoms with Gasteiger partial charge < -0.3 is 5.32 Å². The summed E-state index contributed by atoms with van der Waals surface area (Å²) in [4.78, 5) is 16.9. The van der Waals surface area contributed by atoms with Crippen molar-refractivity contribution in [2.24, 2.45) is 0 Å². The van der Waals surface area contributed by atoms with Gasteiger partial charge in [0, 0.05) is 23.1 Å². The number of rotatable bonds is 4. The van der Waals surface area contributed by atoms with E-state index < -0.39 is 10.0 Å². The van der Waals surface area contributed by atoms with Crippen LogP contribution in [-0.4, -0.2) is 25.6 Å². The van der Waals surface area contributed by atoms with Crippen LogP contribution in [0.3, 0.4) is 0 Å². The maximum atomic E-state index is 12.4. The van der Waals surface area contributed by atoms with Gasteiger partial charge in [0.1, 0.15) is 0 Å². The number of hydrogen-bond donors (Lipinski definition) is 2. The number of nitrogens with zero attached hydrogens (tertiary/aromatic N) is 1. The van der Waals surface area contributed by atoms with Crippen molar-refractivity contribution in [1.82, 2.24) is 4.98 Å². The Morgan fingerprint density at radius 1 is 1.21 bits per heavy atom. The maximum Gasteiger partial charge on any atom is 0.265 e. The normalized spacial score (nSPS) is 11.4. The molecule has 124 valence electrons. The Hall–Kier alpha value is -2.16. The Labute approximate surface area is 147 Å². The molecule has 24 heavy (non-hydrogen) atoms. The van der Waals surface area contributed by atoms with Crippen molar-refractivity contribution in [2.45, 2.75) is 0 Å². The Bertz CT molecular complexity index is 998. The highest BCUT2D eigenvalue weighted by Crippen LogP contribution is 2.27. The molecule has 0 saturated heterocycles. The first kappa shape index (κ1) is 16.7. The van der Waals surface area contributed by atoms with Crippen molar-refractivity contribution < 1.29 is 13.2 Å². The molecule has 2 aromatic heterocycles. The van der Waals surface area contributed by atoms with Crippen molar-refractivity contribution in [3.05, 3.63) is 52.6 Å². The van der Waals surface area contributed by atoms with Crippen LogP contribution in [0.1, 0.15) is 9.67 Å². The Morgan fingerprint density at radius 2 is 1.96 bits per heavy atom. The van der Waals surface area contributed by atoms with Gasteiger partial charge in [0.05, 0.1) is 21.5 Å². The van der Waals surface area contributed by atoms with E-state index in [1.165, 1.54) is 23.5 Å². The lowest BCUT2D eigenvalue weighted by atomic mass is 10.2. The van der Waals surface area contributed by atoms with Crippen LogP contribution < -0.4 is 10.0 Å². The van der Waals surface area contributed by atoms with E-state index in [0.717, 1.165) is 16.3 Å². The standard InChI is InChI=1S/C15H12ClN3O3S2/c1-24(21,22)19-12-6-10(16)5-11(7-12)18-15(20)13-4-9-2-3-17-8-14(9)23-13/h2-8,19H,1H3,(H,18,20). The van der Waals surface area contributed by atoms with Crippen LogP contribution in [0.2, 0.25) is 5.02 Å². The quantitative estimate of drug-likeness (QED) is 0.723. The molecule has 0 fully saturated rings. The first-order valence-electron chi connectivity index (χ1n) is 6.73. The molecular formula is C15H12ClN3O3S2. The molecule has 3 aromatic rings. The highest BCUT2D eigenvalue weighted by Gasteiger charge is 2.12. The number of halogens is 1. The second-order valence-electron chi connectivity index (χ2n) is 5.08. The number of amides is 1. The van der Waals surface area contributed by atoms with E-state index in [4.69, 9.17) is 11.6 Å². The zero-order valence-corrected chi connectivity index (χ0v) is 14.8. The number of fused-ring (bicyclic) bond motifs is 1. The largest absolute Gasteiger partial charge is 0.321 e. The number of anilines is 2. The molecule has 9 heteroatoms. The van der Waals surface area contributed by atoms with Crippen molar-refractivity contribution in [3.8, 4) is 0 Å². The average molecular weight is 382 g/mol. The predicted molar refractivity (Wildman–Crippen MR) is 97.5 cm³/mol. The highest BCUT2D eigenvalue weighted by atomic mass is 35.5. The summed E-state index contributed by atoms with van der Waals surface area (Å²) in [6.07, 6.45) is 4.40. The third-order valence-electron chi connectivity index (χ3n) is 3.01. The van der Waals surface area contributed by atoms with Crippen LogP contribution in [-0.2, 0) is 10.0 Å². The van der Waals surface area contributed by atoms with Gasteiger partial charge in [0.2, 0.25) is 10.0 Å². The zero-order chi connectivity index (χ0) is 17.3. The van der Waals surface area contributed by atoms with Gasteiger partial charge in [-0.1, -0.05) is 11.6 Å². The van der Waals surface area contributed by atoms with Crippen molar-refractivity contribution >= 4 is 60.3 Å². The zero-order valence-electron chi connectivity index (χ0n) is 12.4. The number of thiophene rings is 1. The lowest BCUT2D eigenvalue weighted by Gasteiger charge is -2.09. The van der Waals surface area contributed by atoms with Gasteiger partial charge in [-0.25, -0.2) is 8.42 Å². The summed E-state index contributed by atoms with van der Waals surface area (Å²) in [7, 11) is -3.43. The summed E-state index contributed by atoms with van der Waals surface area (Å²) >= 11 is 7.30. The molecule has 0 bridgehead atoms. The topological polar surface area (TPSA) is 88.2 Å². The fraction of sp³-hybridized carbons (Fsp3) is 0.0667. The lowest BCUT2D eigenvalue weighted by Crippen LogP contribution is -2.12. The number of aromatic nitrogens is 1. The molecule has 0 spiro atoms. The molecule has 1 aromatic carbocycles. The minimum atomic E-state index is -3.43. The fourth-order valence-corrected chi connectivity index (χ4v) is 3.83. The maximum absolute atomic E-state index is 12.4. The van der Waals surface area contributed by atoms with Crippen LogP contribution in [0.15, 0.2) is 42.7 Å². The predicted octanol–water partition coefficient (Wildman–Crippen LogP) is 3.57. The first-order valence-corrected chi connectivity index (χ1v) is 9.82. The molecule has 3 rings (SSSR count). The third kappa shape index (κ3) is 4.02. The van der Waals surface area contributed by atoms with E-state index in [9.17, 15) is 13.2 Å². The smallest absolute Gasteiger partial charge is 0.265 e. The minimum Gasteiger partial charge on any atom is -0.321 e. The molecule has 0 aliphatic heterocycles. The van der Waals surface area contributed by atoms with Crippen LogP contribution in [0, 0.1) is 0 Å². The monoisotopic (exact) mass is 381 g/mol. The van der Waals surface area contributed by atoms with Gasteiger partial charge in [-0.05, 0) is 35.7 Å². The first-order chi connectivity index (χ1) is 11.3. The minimum absolute atomic E-state index is 0.279. The molecule has 0 unspecified atom stereocenters. The Morgan fingerprint density at radius 3 is 2.67 bits per heavy atom. The van der Waals surface area contributed by atoms with Gasteiger partial charge in [-0.15, -0.1) is 11.3 Å². The van der Waals surface area contributed by atoms with Crippen LogP contribution in [0.4, 0.5) is 11.4 Å². The SMILES string of the molecule is CS(=O)(=O)Nc1cc(Cl)cc(NC(=O)c2cc3ccncc3s2)c1. The summed E-state index contributed by atoms with van der Waals surface area (Å²) in [5.41, 5.74) is 0.676. The van der Waals surface area contributed by atoms with Crippen molar-refractivity contribution in [2.75, 3.05) is 16.3 Å².